The predicted molar refractivity (Wildman–Crippen MR) is 78.0 cm³/mol. The molecule has 1 unspecified atom stereocenters. The largest absolute Gasteiger partial charge is 0.207 e. The van der Waals surface area contributed by atoms with Crippen molar-refractivity contribution in [3.63, 3.8) is 0 Å². The van der Waals surface area contributed by atoms with E-state index in [-0.39, 0.29) is 10.6 Å². The molecule has 0 amide bonds. The molecule has 2 aromatic carbocycles. The Kier molecular flexibility index (Phi) is 4.41. The average Bonchev–Trinajstić information content (AvgIpc) is 2.35. The van der Waals surface area contributed by atoms with E-state index in [4.69, 9.17) is 11.6 Å². The SMILES string of the molecule is Cc1cc(C(Br)Cc2ccc(Cl)cc2)ccc1F. The Morgan fingerprint density at radius 1 is 1.17 bits per heavy atom. The number of halogens is 3. The van der Waals surface area contributed by atoms with Crippen molar-refractivity contribution in [3.8, 4) is 0 Å². The third-order valence-electron chi connectivity index (χ3n) is 2.87. The van der Waals surface area contributed by atoms with Gasteiger partial charge in [-0.25, -0.2) is 4.39 Å². The summed E-state index contributed by atoms with van der Waals surface area (Å²) >= 11 is 9.49. The summed E-state index contributed by atoms with van der Waals surface area (Å²) in [5, 5.41) is 0.738. The first-order valence-corrected chi connectivity index (χ1v) is 7.00. The monoisotopic (exact) mass is 326 g/mol. The zero-order chi connectivity index (χ0) is 13.1. The quantitative estimate of drug-likeness (QED) is 0.656. The summed E-state index contributed by atoms with van der Waals surface area (Å²) in [6.07, 6.45) is 0.849. The highest BCUT2D eigenvalue weighted by atomic mass is 79.9. The van der Waals surface area contributed by atoms with Crippen LogP contribution in [0.5, 0.6) is 0 Å². The molecule has 2 rings (SSSR count). The molecular formula is C15H13BrClF. The fourth-order valence-electron chi connectivity index (χ4n) is 1.81. The van der Waals surface area contributed by atoms with Gasteiger partial charge < -0.3 is 0 Å². The molecule has 94 valence electrons. The third-order valence-corrected chi connectivity index (χ3v) is 3.98. The molecular weight excluding hydrogens is 315 g/mol. The number of rotatable bonds is 3. The smallest absolute Gasteiger partial charge is 0.126 e. The van der Waals surface area contributed by atoms with Crippen molar-refractivity contribution in [1.29, 1.82) is 0 Å². The Morgan fingerprint density at radius 3 is 2.44 bits per heavy atom. The first-order valence-electron chi connectivity index (χ1n) is 5.71. The summed E-state index contributed by atoms with van der Waals surface area (Å²) in [6, 6.07) is 13.0. The van der Waals surface area contributed by atoms with Crippen LogP contribution in [0.2, 0.25) is 5.02 Å². The van der Waals surface area contributed by atoms with Gasteiger partial charge in [-0.3, -0.25) is 0 Å². The van der Waals surface area contributed by atoms with Crippen molar-refractivity contribution in [3.05, 3.63) is 70.0 Å². The van der Waals surface area contributed by atoms with E-state index in [1.807, 2.05) is 36.4 Å². The van der Waals surface area contributed by atoms with Gasteiger partial charge in [-0.2, -0.15) is 0 Å². The van der Waals surface area contributed by atoms with Crippen LogP contribution < -0.4 is 0 Å². The number of hydrogen-bond donors (Lipinski definition) is 0. The van der Waals surface area contributed by atoms with E-state index in [9.17, 15) is 4.39 Å². The molecule has 0 spiro atoms. The van der Waals surface area contributed by atoms with Crippen LogP contribution in [0.1, 0.15) is 21.5 Å². The van der Waals surface area contributed by atoms with Gasteiger partial charge in [0, 0.05) is 9.85 Å². The molecule has 0 fully saturated rings. The van der Waals surface area contributed by atoms with Gasteiger partial charge in [-0.05, 0) is 48.2 Å². The normalized spacial score (nSPS) is 12.4. The van der Waals surface area contributed by atoms with Gasteiger partial charge >= 0.3 is 0 Å². The number of benzene rings is 2. The average molecular weight is 328 g/mol. The van der Waals surface area contributed by atoms with Crippen LogP contribution in [0.3, 0.4) is 0 Å². The van der Waals surface area contributed by atoms with E-state index >= 15 is 0 Å². The lowest BCUT2D eigenvalue weighted by atomic mass is 10.0. The fraction of sp³-hybridized carbons (Fsp3) is 0.200. The van der Waals surface area contributed by atoms with E-state index in [1.165, 1.54) is 11.6 Å². The molecule has 0 aliphatic rings. The fourth-order valence-corrected chi connectivity index (χ4v) is 2.59. The predicted octanol–water partition coefficient (Wildman–Crippen LogP) is 5.47. The van der Waals surface area contributed by atoms with Crippen molar-refractivity contribution in [2.24, 2.45) is 0 Å². The van der Waals surface area contributed by atoms with Crippen molar-refractivity contribution >= 4 is 27.5 Å². The van der Waals surface area contributed by atoms with Crippen molar-refractivity contribution in [2.45, 2.75) is 18.2 Å². The van der Waals surface area contributed by atoms with E-state index < -0.39 is 0 Å². The molecule has 0 N–H and O–H groups in total. The Balaban J connectivity index is 2.13. The molecule has 3 heteroatoms. The molecule has 0 saturated heterocycles. The van der Waals surface area contributed by atoms with Crippen LogP contribution in [0.25, 0.3) is 0 Å². The summed E-state index contributed by atoms with van der Waals surface area (Å²) in [4.78, 5) is 0.179. The van der Waals surface area contributed by atoms with Gasteiger partial charge in [-0.15, -0.1) is 0 Å². The standard InChI is InChI=1S/C15H13BrClF/c1-10-8-12(4-7-15(10)18)14(16)9-11-2-5-13(17)6-3-11/h2-8,14H,9H2,1H3. The first-order chi connectivity index (χ1) is 8.56. The molecule has 0 aliphatic heterocycles. The molecule has 1 atom stereocenters. The summed E-state index contributed by atoms with van der Waals surface area (Å²) in [5.74, 6) is -0.162. The minimum atomic E-state index is -0.162. The zero-order valence-electron chi connectivity index (χ0n) is 9.96. The summed E-state index contributed by atoms with van der Waals surface area (Å²) in [6.45, 7) is 1.78. The topological polar surface area (TPSA) is 0 Å². The number of aryl methyl sites for hydroxylation is 1. The molecule has 0 heterocycles. The highest BCUT2D eigenvalue weighted by molar-refractivity contribution is 9.09. The van der Waals surface area contributed by atoms with Crippen LogP contribution in [0.4, 0.5) is 4.39 Å². The molecule has 0 radical (unpaired) electrons. The molecule has 0 aliphatic carbocycles. The van der Waals surface area contributed by atoms with Crippen LogP contribution in [-0.2, 0) is 6.42 Å². The Morgan fingerprint density at radius 2 is 1.83 bits per heavy atom. The maximum Gasteiger partial charge on any atom is 0.126 e. The zero-order valence-corrected chi connectivity index (χ0v) is 12.3. The van der Waals surface area contributed by atoms with Gasteiger partial charge in [0.05, 0.1) is 0 Å². The van der Waals surface area contributed by atoms with Gasteiger partial charge in [-0.1, -0.05) is 51.8 Å². The molecule has 0 nitrogen and oxygen atoms in total. The van der Waals surface area contributed by atoms with Crippen LogP contribution >= 0.6 is 27.5 Å². The van der Waals surface area contributed by atoms with Gasteiger partial charge in [0.1, 0.15) is 5.82 Å². The van der Waals surface area contributed by atoms with Crippen molar-refractivity contribution < 1.29 is 4.39 Å². The second-order valence-corrected chi connectivity index (χ2v) is 5.85. The third kappa shape index (κ3) is 3.33. The van der Waals surface area contributed by atoms with Crippen LogP contribution in [0.15, 0.2) is 42.5 Å². The van der Waals surface area contributed by atoms with E-state index in [2.05, 4.69) is 15.9 Å². The van der Waals surface area contributed by atoms with Crippen LogP contribution in [-0.4, -0.2) is 0 Å². The Bertz CT molecular complexity index is 537. The van der Waals surface area contributed by atoms with Gasteiger partial charge in [0.15, 0.2) is 0 Å². The lowest BCUT2D eigenvalue weighted by molar-refractivity contribution is 0.617. The van der Waals surface area contributed by atoms with E-state index in [0.29, 0.717) is 5.56 Å². The summed E-state index contributed by atoms with van der Waals surface area (Å²) in [5.41, 5.74) is 2.96. The highest BCUT2D eigenvalue weighted by Crippen LogP contribution is 2.28. The van der Waals surface area contributed by atoms with Gasteiger partial charge in [0.2, 0.25) is 0 Å². The molecule has 0 saturated carbocycles. The second-order valence-electron chi connectivity index (χ2n) is 4.31. The molecule has 0 aromatic heterocycles. The Hall–Kier alpha value is -0.860. The van der Waals surface area contributed by atoms with Crippen LogP contribution in [0, 0.1) is 12.7 Å². The Labute approximate surface area is 120 Å². The maximum absolute atomic E-state index is 13.2. The number of alkyl halides is 1. The van der Waals surface area contributed by atoms with E-state index in [1.54, 1.807) is 6.92 Å². The van der Waals surface area contributed by atoms with E-state index in [0.717, 1.165) is 17.0 Å². The molecule has 0 bridgehead atoms. The first kappa shape index (κ1) is 13.6. The highest BCUT2D eigenvalue weighted by Gasteiger charge is 2.10. The van der Waals surface area contributed by atoms with Crippen molar-refractivity contribution in [2.75, 3.05) is 0 Å². The van der Waals surface area contributed by atoms with Crippen molar-refractivity contribution in [1.82, 2.24) is 0 Å². The molecule has 18 heavy (non-hydrogen) atoms. The minimum Gasteiger partial charge on any atom is -0.207 e. The second kappa shape index (κ2) is 5.85. The number of hydrogen-bond acceptors (Lipinski definition) is 0. The van der Waals surface area contributed by atoms with Gasteiger partial charge in [0.25, 0.3) is 0 Å². The molecule has 2 aromatic rings. The minimum absolute atomic E-state index is 0.162. The summed E-state index contributed by atoms with van der Waals surface area (Å²) < 4.78 is 13.2. The lowest BCUT2D eigenvalue weighted by Crippen LogP contribution is -1.96. The lowest BCUT2D eigenvalue weighted by Gasteiger charge is -2.11. The summed E-state index contributed by atoms with van der Waals surface area (Å²) in [7, 11) is 0. The maximum atomic E-state index is 13.2.